The molecular weight excluding hydrogens is 338 g/mol. The fraction of sp³-hybridized carbons (Fsp3) is 0.368. The molecule has 25 heavy (non-hydrogen) atoms. The zero-order chi connectivity index (χ0) is 18.4. The van der Waals surface area contributed by atoms with E-state index < -0.39 is 0 Å². The highest BCUT2D eigenvalue weighted by Gasteiger charge is 2.16. The molecule has 0 fully saturated rings. The summed E-state index contributed by atoms with van der Waals surface area (Å²) in [7, 11) is 3.17. The van der Waals surface area contributed by atoms with Crippen LogP contribution in [0.3, 0.4) is 0 Å². The van der Waals surface area contributed by atoms with Gasteiger partial charge in [0.1, 0.15) is 11.5 Å². The molecule has 2 aromatic rings. The van der Waals surface area contributed by atoms with E-state index >= 15 is 0 Å². The van der Waals surface area contributed by atoms with Crippen molar-refractivity contribution in [2.75, 3.05) is 14.2 Å². The Balaban J connectivity index is 1.92. The number of nitrogens with one attached hydrogen (secondary N) is 1. The predicted octanol–water partition coefficient (Wildman–Crippen LogP) is 3.91. The number of rotatable bonds is 8. The molecular formula is C19H23NO4S. The lowest BCUT2D eigenvalue weighted by Gasteiger charge is -2.18. The molecule has 1 atom stereocenters. The molecule has 1 N–H and O–H groups in total. The van der Waals surface area contributed by atoms with E-state index in [1.54, 1.807) is 20.3 Å². The summed E-state index contributed by atoms with van der Waals surface area (Å²) in [5, 5.41) is 2.91. The lowest BCUT2D eigenvalue weighted by Crippen LogP contribution is -2.27. The quantitative estimate of drug-likeness (QED) is 0.724. The Bertz CT molecular complexity index is 754. The van der Waals surface area contributed by atoms with E-state index in [0.29, 0.717) is 16.4 Å². The Labute approximate surface area is 152 Å². The first-order chi connectivity index (χ1) is 11.9. The smallest absolute Gasteiger partial charge is 0.220 e. The fourth-order valence-corrected chi connectivity index (χ4v) is 3.34. The van der Waals surface area contributed by atoms with Gasteiger partial charge >= 0.3 is 0 Å². The first-order valence-electron chi connectivity index (χ1n) is 8.05. The SMILES string of the molecule is COc1ccc(C(C)NC(=O)CCC(=O)c2ccc(C)s2)c(OC)c1. The largest absolute Gasteiger partial charge is 0.497 e. The van der Waals surface area contributed by atoms with E-state index in [9.17, 15) is 9.59 Å². The summed E-state index contributed by atoms with van der Waals surface area (Å²) in [5.74, 6) is 1.18. The van der Waals surface area contributed by atoms with Crippen LogP contribution in [-0.2, 0) is 4.79 Å². The second-order valence-electron chi connectivity index (χ2n) is 5.73. The molecule has 0 saturated carbocycles. The van der Waals surface area contributed by atoms with E-state index in [2.05, 4.69) is 5.32 Å². The normalized spacial score (nSPS) is 11.7. The number of hydrogen-bond donors (Lipinski definition) is 1. The standard InChI is InChI=1S/C19H23NO4S/c1-12-5-9-18(25-12)16(21)8-10-19(22)20-13(2)15-7-6-14(23-3)11-17(15)24-4/h5-7,9,11,13H,8,10H2,1-4H3,(H,20,22). The van der Waals surface area contributed by atoms with Crippen molar-refractivity contribution in [1.29, 1.82) is 0 Å². The summed E-state index contributed by atoms with van der Waals surface area (Å²) < 4.78 is 10.5. The maximum Gasteiger partial charge on any atom is 0.220 e. The van der Waals surface area contributed by atoms with Crippen molar-refractivity contribution in [3.8, 4) is 11.5 Å². The lowest BCUT2D eigenvalue weighted by atomic mass is 10.1. The van der Waals surface area contributed by atoms with Crippen LogP contribution < -0.4 is 14.8 Å². The maximum atomic E-state index is 12.2. The number of amides is 1. The highest BCUT2D eigenvalue weighted by molar-refractivity contribution is 7.14. The number of aryl methyl sites for hydroxylation is 1. The molecule has 134 valence electrons. The minimum absolute atomic E-state index is 0.00271. The molecule has 0 aliphatic heterocycles. The van der Waals surface area contributed by atoms with Gasteiger partial charge in [-0.15, -0.1) is 11.3 Å². The number of methoxy groups -OCH3 is 2. The van der Waals surface area contributed by atoms with E-state index in [4.69, 9.17) is 9.47 Å². The van der Waals surface area contributed by atoms with Crippen molar-refractivity contribution in [1.82, 2.24) is 5.32 Å². The summed E-state index contributed by atoms with van der Waals surface area (Å²) in [6, 6.07) is 8.96. The number of carbonyl (C=O) groups excluding carboxylic acids is 2. The van der Waals surface area contributed by atoms with Gasteiger partial charge in [0.25, 0.3) is 0 Å². The van der Waals surface area contributed by atoms with E-state index in [-0.39, 0.29) is 30.6 Å². The Morgan fingerprint density at radius 3 is 2.48 bits per heavy atom. The number of hydrogen-bond acceptors (Lipinski definition) is 5. The van der Waals surface area contributed by atoms with Gasteiger partial charge in [0, 0.05) is 29.3 Å². The molecule has 0 spiro atoms. The van der Waals surface area contributed by atoms with Gasteiger partial charge in [-0.3, -0.25) is 9.59 Å². The molecule has 0 radical (unpaired) electrons. The van der Waals surface area contributed by atoms with Gasteiger partial charge in [-0.25, -0.2) is 0 Å². The molecule has 0 saturated heterocycles. The molecule has 1 amide bonds. The Hall–Kier alpha value is -2.34. The van der Waals surface area contributed by atoms with E-state index in [1.807, 2.05) is 38.1 Å². The number of Topliss-reactive ketones (excluding diaryl/α,β-unsaturated/α-hetero) is 1. The van der Waals surface area contributed by atoms with Crippen molar-refractivity contribution in [2.24, 2.45) is 0 Å². The molecule has 2 rings (SSSR count). The third-order valence-corrected chi connectivity index (χ3v) is 4.92. The molecule has 1 aromatic heterocycles. The van der Waals surface area contributed by atoms with Gasteiger partial charge in [-0.2, -0.15) is 0 Å². The van der Waals surface area contributed by atoms with Crippen LogP contribution >= 0.6 is 11.3 Å². The second kappa shape index (κ2) is 8.67. The molecule has 1 heterocycles. The summed E-state index contributed by atoms with van der Waals surface area (Å²) in [6.45, 7) is 3.84. The van der Waals surface area contributed by atoms with E-state index in [0.717, 1.165) is 10.4 Å². The molecule has 0 bridgehead atoms. The molecule has 0 aliphatic carbocycles. The van der Waals surface area contributed by atoms with Crippen LogP contribution in [0, 0.1) is 6.92 Å². The van der Waals surface area contributed by atoms with Crippen LogP contribution in [0.4, 0.5) is 0 Å². The van der Waals surface area contributed by atoms with Gasteiger partial charge in [0.2, 0.25) is 5.91 Å². The maximum absolute atomic E-state index is 12.2. The summed E-state index contributed by atoms with van der Waals surface area (Å²) in [4.78, 5) is 26.0. The van der Waals surface area contributed by atoms with Gasteiger partial charge in [0.05, 0.1) is 25.1 Å². The van der Waals surface area contributed by atoms with E-state index in [1.165, 1.54) is 11.3 Å². The van der Waals surface area contributed by atoms with Crippen molar-refractivity contribution >= 4 is 23.0 Å². The minimum atomic E-state index is -0.229. The Kier molecular flexibility index (Phi) is 6.58. The summed E-state index contributed by atoms with van der Waals surface area (Å²) in [5.41, 5.74) is 0.858. The zero-order valence-corrected chi connectivity index (χ0v) is 15.7. The number of thiophene rings is 1. The Morgan fingerprint density at radius 2 is 1.88 bits per heavy atom. The van der Waals surface area contributed by atoms with Gasteiger partial charge < -0.3 is 14.8 Å². The van der Waals surface area contributed by atoms with Crippen molar-refractivity contribution < 1.29 is 19.1 Å². The second-order valence-corrected chi connectivity index (χ2v) is 7.02. The number of carbonyl (C=O) groups is 2. The molecule has 0 aliphatic rings. The average molecular weight is 361 g/mol. The van der Waals surface area contributed by atoms with Crippen LogP contribution in [0.5, 0.6) is 11.5 Å². The molecule has 1 unspecified atom stereocenters. The van der Waals surface area contributed by atoms with Crippen molar-refractivity contribution in [3.05, 3.63) is 45.6 Å². The van der Waals surface area contributed by atoms with Crippen LogP contribution in [0.1, 0.15) is 45.9 Å². The fourth-order valence-electron chi connectivity index (χ4n) is 2.50. The van der Waals surface area contributed by atoms with Gasteiger partial charge in [0.15, 0.2) is 5.78 Å². The van der Waals surface area contributed by atoms with Crippen LogP contribution in [0.15, 0.2) is 30.3 Å². The molecule has 1 aromatic carbocycles. The third kappa shape index (κ3) is 5.06. The van der Waals surface area contributed by atoms with Crippen LogP contribution in [-0.4, -0.2) is 25.9 Å². The van der Waals surface area contributed by atoms with Crippen molar-refractivity contribution in [3.63, 3.8) is 0 Å². The Morgan fingerprint density at radius 1 is 1.12 bits per heavy atom. The molecule has 5 nitrogen and oxygen atoms in total. The van der Waals surface area contributed by atoms with Gasteiger partial charge in [-0.05, 0) is 38.1 Å². The zero-order valence-electron chi connectivity index (χ0n) is 14.9. The first-order valence-corrected chi connectivity index (χ1v) is 8.87. The monoisotopic (exact) mass is 361 g/mol. The number of ketones is 1. The minimum Gasteiger partial charge on any atom is -0.497 e. The molecule has 6 heteroatoms. The van der Waals surface area contributed by atoms with Crippen LogP contribution in [0.25, 0.3) is 0 Å². The third-order valence-electron chi connectivity index (χ3n) is 3.88. The summed E-state index contributed by atoms with van der Waals surface area (Å²) >= 11 is 1.46. The summed E-state index contributed by atoms with van der Waals surface area (Å²) in [6.07, 6.45) is 0.372. The predicted molar refractivity (Wildman–Crippen MR) is 98.7 cm³/mol. The highest BCUT2D eigenvalue weighted by atomic mass is 32.1. The number of ether oxygens (including phenoxy) is 2. The first kappa shape index (κ1) is 19.0. The highest BCUT2D eigenvalue weighted by Crippen LogP contribution is 2.29. The van der Waals surface area contributed by atoms with Crippen molar-refractivity contribution in [2.45, 2.75) is 32.7 Å². The van der Waals surface area contributed by atoms with Crippen LogP contribution in [0.2, 0.25) is 0 Å². The lowest BCUT2D eigenvalue weighted by molar-refractivity contribution is -0.121. The van der Waals surface area contributed by atoms with Gasteiger partial charge in [-0.1, -0.05) is 0 Å². The average Bonchev–Trinajstić information content (AvgIpc) is 3.05. The number of benzene rings is 1. The topological polar surface area (TPSA) is 64.6 Å².